The number of aliphatic hydroxyl groups is 1. The molecule has 0 aromatic carbocycles. The third-order valence-electron chi connectivity index (χ3n) is 4.05. The third kappa shape index (κ3) is 8.10. The predicted molar refractivity (Wildman–Crippen MR) is 113 cm³/mol. The van der Waals surface area contributed by atoms with Gasteiger partial charge in [0.15, 0.2) is 8.32 Å². The van der Waals surface area contributed by atoms with Gasteiger partial charge < -0.3 is 35.5 Å². The van der Waals surface area contributed by atoms with Crippen molar-refractivity contribution in [3.05, 3.63) is 0 Å². The van der Waals surface area contributed by atoms with E-state index in [1.54, 1.807) is 14.2 Å². The molecule has 0 amide bonds. The van der Waals surface area contributed by atoms with Crippen LogP contribution in [-0.2, 0) is 30.4 Å². The quantitative estimate of drug-likeness (QED) is 0.280. The first-order valence-corrected chi connectivity index (χ1v) is 18.6. The highest BCUT2D eigenvalue weighted by Crippen LogP contribution is 2.30. The summed E-state index contributed by atoms with van der Waals surface area (Å²) >= 11 is 4.31. The molecule has 0 spiro atoms. The molecule has 0 aliphatic carbocycles. The average molecular weight is 465 g/mol. The van der Waals surface area contributed by atoms with E-state index in [9.17, 15) is 5.11 Å². The highest BCUT2D eigenvalue weighted by Gasteiger charge is 2.53. The summed E-state index contributed by atoms with van der Waals surface area (Å²) in [4.78, 5) is 0. The maximum Gasteiger partial charge on any atom is 0.669 e. The molecule has 13 heteroatoms. The van der Waals surface area contributed by atoms with Crippen LogP contribution < -0.4 is 0 Å². The van der Waals surface area contributed by atoms with Crippen LogP contribution in [0.1, 0.15) is 6.42 Å². The second-order valence-corrected chi connectivity index (χ2v) is 21.7. The molecule has 8 nitrogen and oxygen atoms in total. The van der Waals surface area contributed by atoms with Crippen LogP contribution in [0.5, 0.6) is 0 Å². The monoisotopic (exact) mass is 464 g/mol. The van der Waals surface area contributed by atoms with Gasteiger partial charge >= 0.3 is 26.2 Å². The topological polar surface area (TPSA) is 84.8 Å². The first-order valence-electron chi connectivity index (χ1n) is 8.43. The van der Waals surface area contributed by atoms with Crippen molar-refractivity contribution in [2.45, 2.75) is 37.8 Å². The summed E-state index contributed by atoms with van der Waals surface area (Å²) in [5, 5.41) is 9.78. The molecule has 0 aliphatic heterocycles. The summed E-state index contributed by atoms with van der Waals surface area (Å²) in [6.45, 7) is 6.15. The third-order valence-corrected chi connectivity index (χ3v) is 21.3. The van der Waals surface area contributed by atoms with Crippen LogP contribution >= 0.6 is 12.6 Å². The van der Waals surface area contributed by atoms with E-state index >= 15 is 0 Å². The molecule has 0 aromatic rings. The molecule has 0 rings (SSSR count). The van der Waals surface area contributed by atoms with E-state index in [0.29, 0.717) is 5.67 Å². The zero-order chi connectivity index (χ0) is 20.5. The van der Waals surface area contributed by atoms with Crippen molar-refractivity contribution in [1.82, 2.24) is 0 Å². The standard InChI is InChI=1S/C13H36O8SSi4/c1-15-25(12-14,16-2)13-23(6,7)20-24(8,11-9-10-22)21-26(17-3,18-4)19-5/h14,22H,9-13H2,1-8H3. The Hall–Kier alpha value is 0.898. The van der Waals surface area contributed by atoms with E-state index in [1.165, 1.54) is 21.3 Å². The Kier molecular flexibility index (Phi) is 12.2. The van der Waals surface area contributed by atoms with Crippen molar-refractivity contribution < 1.29 is 35.5 Å². The van der Waals surface area contributed by atoms with Crippen molar-refractivity contribution in [3.8, 4) is 0 Å². The molecular weight excluding hydrogens is 429 g/mol. The average Bonchev–Trinajstić information content (AvgIpc) is 2.62. The Balaban J connectivity index is 5.52. The number of hydrogen-bond acceptors (Lipinski definition) is 9. The fraction of sp³-hybridized carbons (Fsp3) is 1.00. The second-order valence-electron chi connectivity index (χ2n) is 6.69. The van der Waals surface area contributed by atoms with E-state index in [0.717, 1.165) is 18.2 Å². The molecule has 1 unspecified atom stereocenters. The lowest BCUT2D eigenvalue weighted by molar-refractivity contribution is 0.0402. The van der Waals surface area contributed by atoms with Gasteiger partial charge in [-0.1, -0.05) is 0 Å². The van der Waals surface area contributed by atoms with Crippen molar-refractivity contribution in [1.29, 1.82) is 0 Å². The Bertz CT molecular complexity index is 382. The summed E-state index contributed by atoms with van der Waals surface area (Å²) in [6, 6.07) is 0.728. The van der Waals surface area contributed by atoms with Crippen LogP contribution in [0.3, 0.4) is 0 Å². The van der Waals surface area contributed by atoms with E-state index in [4.69, 9.17) is 30.4 Å². The van der Waals surface area contributed by atoms with Gasteiger partial charge in [-0.15, -0.1) is 0 Å². The van der Waals surface area contributed by atoms with Gasteiger partial charge in [0.05, 0.1) is 6.23 Å². The van der Waals surface area contributed by atoms with Gasteiger partial charge in [0.1, 0.15) is 0 Å². The van der Waals surface area contributed by atoms with Gasteiger partial charge in [0.25, 0.3) is 0 Å². The molecule has 0 radical (unpaired) electrons. The molecule has 158 valence electrons. The van der Waals surface area contributed by atoms with E-state index in [-0.39, 0.29) is 6.23 Å². The lowest BCUT2D eigenvalue weighted by atomic mass is 10.6. The van der Waals surface area contributed by atoms with E-state index in [1.807, 2.05) is 6.55 Å². The zero-order valence-corrected chi connectivity index (χ0v) is 22.2. The summed E-state index contributed by atoms with van der Waals surface area (Å²) in [5.41, 5.74) is 0.581. The van der Waals surface area contributed by atoms with Crippen molar-refractivity contribution in [2.24, 2.45) is 0 Å². The summed E-state index contributed by atoms with van der Waals surface area (Å²) in [7, 11) is -3.31. The second kappa shape index (κ2) is 11.8. The molecule has 1 N–H and O–H groups in total. The SMILES string of the molecule is CO[Si](CO)(C[Si](C)(C)O[Si](C)(CCCS)O[Si](OC)(OC)OC)OC. The highest BCUT2D eigenvalue weighted by atomic mass is 32.1. The highest BCUT2D eigenvalue weighted by molar-refractivity contribution is 7.80. The normalized spacial score (nSPS) is 15.9. The summed E-state index contributed by atoms with van der Waals surface area (Å²) < 4.78 is 40.3. The first-order chi connectivity index (χ1) is 12.0. The molecule has 0 bridgehead atoms. The molecule has 26 heavy (non-hydrogen) atoms. The van der Waals surface area contributed by atoms with Crippen LogP contribution in [0.15, 0.2) is 0 Å². The van der Waals surface area contributed by atoms with Crippen molar-refractivity contribution >= 4 is 47.1 Å². The molecule has 0 saturated heterocycles. The molecular formula is C13H36O8SSi4. The van der Waals surface area contributed by atoms with Crippen LogP contribution in [-0.4, -0.2) is 87.1 Å². The molecule has 0 saturated carbocycles. The van der Waals surface area contributed by atoms with Crippen molar-refractivity contribution in [3.63, 3.8) is 0 Å². The predicted octanol–water partition coefficient (Wildman–Crippen LogP) is 1.80. The van der Waals surface area contributed by atoms with Gasteiger partial charge in [-0.2, -0.15) is 12.6 Å². The van der Waals surface area contributed by atoms with Gasteiger partial charge in [-0.25, -0.2) is 0 Å². The van der Waals surface area contributed by atoms with E-state index in [2.05, 4.69) is 25.7 Å². The number of hydrogen-bond donors (Lipinski definition) is 2. The lowest BCUT2D eigenvalue weighted by Gasteiger charge is -2.41. The first kappa shape index (κ1) is 26.9. The summed E-state index contributed by atoms with van der Waals surface area (Å²) in [6.07, 6.45) is 0.720. The van der Waals surface area contributed by atoms with Crippen molar-refractivity contribution in [2.75, 3.05) is 47.5 Å². The minimum absolute atomic E-state index is 0.123. The Morgan fingerprint density at radius 3 is 1.65 bits per heavy atom. The fourth-order valence-corrected chi connectivity index (χ4v) is 21.9. The smallest absolute Gasteiger partial charge is 0.436 e. The zero-order valence-electron chi connectivity index (χ0n) is 17.3. The molecule has 0 heterocycles. The molecule has 0 fully saturated rings. The summed E-state index contributed by atoms with van der Waals surface area (Å²) in [5.74, 6) is 0.726. The largest absolute Gasteiger partial charge is 0.669 e. The minimum atomic E-state index is -3.25. The van der Waals surface area contributed by atoms with E-state index < -0.39 is 34.5 Å². The van der Waals surface area contributed by atoms with Gasteiger partial charge in [-0.05, 0) is 37.9 Å². The van der Waals surface area contributed by atoms with Crippen LogP contribution in [0, 0.1) is 0 Å². The minimum Gasteiger partial charge on any atom is -0.436 e. The Morgan fingerprint density at radius 2 is 1.31 bits per heavy atom. The number of thiol groups is 1. The maximum atomic E-state index is 9.78. The van der Waals surface area contributed by atoms with Crippen LogP contribution in [0.4, 0.5) is 0 Å². The number of aliphatic hydroxyl groups excluding tert-OH is 1. The fourth-order valence-electron chi connectivity index (χ4n) is 2.84. The molecule has 1 atom stereocenters. The Morgan fingerprint density at radius 1 is 0.808 bits per heavy atom. The van der Waals surface area contributed by atoms with Gasteiger partial charge in [0.2, 0.25) is 0 Å². The molecule has 0 aromatic heterocycles. The van der Waals surface area contributed by atoms with Gasteiger partial charge in [-0.3, -0.25) is 0 Å². The van der Waals surface area contributed by atoms with Crippen LogP contribution in [0.2, 0.25) is 31.4 Å². The molecule has 0 aliphatic rings. The van der Waals surface area contributed by atoms with Gasteiger partial charge in [0, 0.05) is 41.2 Å². The maximum absolute atomic E-state index is 9.78. The lowest BCUT2D eigenvalue weighted by Crippen LogP contribution is -2.61. The number of rotatable bonds is 15. The Labute approximate surface area is 167 Å². The van der Waals surface area contributed by atoms with Crippen LogP contribution in [0.25, 0.3) is 0 Å².